The summed E-state index contributed by atoms with van der Waals surface area (Å²) >= 11 is 4.83. The molecule has 0 atom stereocenters. The number of rotatable bonds is 7. The maximum absolute atomic E-state index is 10.7. The molecule has 0 radical (unpaired) electrons. The van der Waals surface area contributed by atoms with E-state index in [1.54, 1.807) is 0 Å². The van der Waals surface area contributed by atoms with Gasteiger partial charge in [0.2, 0.25) is 0 Å². The third-order valence-electron chi connectivity index (χ3n) is 1.58. The van der Waals surface area contributed by atoms with Crippen molar-refractivity contribution in [2.45, 2.75) is 13.7 Å². The molecule has 0 amide bonds. The van der Waals surface area contributed by atoms with Crippen molar-refractivity contribution in [2.75, 3.05) is 13.1 Å². The highest BCUT2D eigenvalue weighted by Gasteiger charge is 2.21. The zero-order chi connectivity index (χ0) is 22.2. The number of hydrogen-bond acceptors (Lipinski definition) is 6. The zero-order valence-corrected chi connectivity index (χ0v) is 10.4. The lowest BCUT2D eigenvalue weighted by Gasteiger charge is -2.20. The van der Waals surface area contributed by atoms with Crippen LogP contribution in [0.25, 0.3) is 0 Å². The molecule has 6 nitrogen and oxygen atoms in total. The SMILES string of the molecule is [2H]C([2H])([2H])C([2H])([2H])OP(=S)(Oc1ccc([N+](=O)[O-])cc1)OC([2H])([2H])C([2H])([2H])[2H]. The number of non-ortho nitro benzene ring substituents is 1. The summed E-state index contributed by atoms with van der Waals surface area (Å²) in [4.78, 5) is 9.94. The molecule has 18 heavy (non-hydrogen) atoms. The van der Waals surface area contributed by atoms with Gasteiger partial charge in [-0.05, 0) is 25.8 Å². The first kappa shape index (κ1) is 5.96. The zero-order valence-electron chi connectivity index (χ0n) is 18.7. The summed E-state index contributed by atoms with van der Waals surface area (Å²) in [7, 11) is 0. The van der Waals surface area contributed by atoms with Crippen LogP contribution < -0.4 is 4.52 Å². The monoisotopic (exact) mass is 301 g/mol. The molecule has 0 unspecified atom stereocenters. The van der Waals surface area contributed by atoms with E-state index in [1.165, 1.54) is 0 Å². The quantitative estimate of drug-likeness (QED) is 0.437. The second-order valence-electron chi connectivity index (χ2n) is 2.68. The van der Waals surface area contributed by atoms with E-state index in [1.807, 2.05) is 0 Å². The fraction of sp³-hybridized carbons (Fsp3) is 0.400. The van der Waals surface area contributed by atoms with Gasteiger partial charge in [0.25, 0.3) is 5.69 Å². The van der Waals surface area contributed by atoms with Gasteiger partial charge in [-0.3, -0.25) is 19.2 Å². The molecular weight excluding hydrogens is 277 g/mol. The van der Waals surface area contributed by atoms with Crippen LogP contribution in [0, 0.1) is 10.1 Å². The molecule has 100 valence electrons. The summed E-state index contributed by atoms with van der Waals surface area (Å²) in [6.45, 7) is -18.5. The highest BCUT2D eigenvalue weighted by atomic mass is 32.5. The fourth-order valence-electron chi connectivity index (χ4n) is 0.926. The van der Waals surface area contributed by atoms with Crippen molar-refractivity contribution in [1.29, 1.82) is 0 Å². The molecule has 0 aliphatic rings. The molecule has 0 heterocycles. The molecule has 0 N–H and O–H groups in total. The van der Waals surface area contributed by atoms with Crippen molar-refractivity contribution < 1.29 is 32.2 Å². The third kappa shape index (κ3) is 4.34. The molecule has 0 saturated heterocycles. The fourth-order valence-corrected chi connectivity index (χ4v) is 2.12. The van der Waals surface area contributed by atoms with E-state index in [2.05, 4.69) is 9.05 Å². The molecule has 0 aliphatic carbocycles. The first-order valence-electron chi connectivity index (χ1n) is 9.25. The average Bonchev–Trinajstić information content (AvgIpc) is 2.43. The summed E-state index contributed by atoms with van der Waals surface area (Å²) in [6, 6.07) is 3.90. The van der Waals surface area contributed by atoms with Crippen molar-refractivity contribution in [3.63, 3.8) is 0 Å². The largest absolute Gasteiger partial charge is 0.424 e. The maximum atomic E-state index is 10.7. The number of nitrogens with zero attached hydrogens (tertiary/aromatic N) is 1. The molecular formula is C10H14NO5PS. The summed E-state index contributed by atoms with van der Waals surface area (Å²) in [5, 5.41) is 10.7. The Hall–Kier alpha value is -1.01. The van der Waals surface area contributed by atoms with Crippen LogP contribution in [0.1, 0.15) is 27.4 Å². The summed E-state index contributed by atoms with van der Waals surface area (Å²) in [5.74, 6) is -0.323. The Balaban J connectivity index is 3.31. The van der Waals surface area contributed by atoms with Crippen molar-refractivity contribution in [2.24, 2.45) is 0 Å². The van der Waals surface area contributed by atoms with Crippen LogP contribution in [0.2, 0.25) is 0 Å². The first-order chi connectivity index (χ1) is 12.3. The van der Waals surface area contributed by atoms with E-state index in [4.69, 9.17) is 30.0 Å². The highest BCUT2D eigenvalue weighted by Crippen LogP contribution is 2.49. The van der Waals surface area contributed by atoms with E-state index in [0.29, 0.717) is 0 Å². The van der Waals surface area contributed by atoms with E-state index < -0.39 is 38.5 Å². The van der Waals surface area contributed by atoms with Gasteiger partial charge < -0.3 is 4.52 Å². The lowest BCUT2D eigenvalue weighted by molar-refractivity contribution is -0.384. The van der Waals surface area contributed by atoms with Crippen LogP contribution in [0.4, 0.5) is 5.69 Å². The number of nitro groups is 1. The number of nitro benzene ring substituents is 1. The standard InChI is InChI=1S/C10H14NO5PS/c1-3-14-17(18,15-4-2)16-10-7-5-9(6-8-10)11(12)13/h5-8H,3-4H2,1-2H3/i1D3,2D3,3D2,4D2. The second kappa shape index (κ2) is 6.80. The van der Waals surface area contributed by atoms with Gasteiger partial charge in [-0.15, -0.1) is 0 Å². The van der Waals surface area contributed by atoms with Crippen LogP contribution >= 0.6 is 6.72 Å². The molecule has 1 rings (SSSR count). The van der Waals surface area contributed by atoms with Gasteiger partial charge in [0.05, 0.1) is 23.5 Å². The Morgan fingerprint density at radius 2 is 1.94 bits per heavy atom. The minimum Gasteiger partial charge on any atom is -0.424 e. The van der Waals surface area contributed by atoms with Gasteiger partial charge in [-0.1, -0.05) is 0 Å². The molecule has 0 aromatic heterocycles. The first-order valence-corrected chi connectivity index (χ1v) is 6.81. The number of benzene rings is 1. The minimum absolute atomic E-state index is 0.323. The molecule has 1 aromatic carbocycles. The van der Waals surface area contributed by atoms with Gasteiger partial charge in [-0.25, -0.2) is 0 Å². The summed E-state index contributed by atoms with van der Waals surface area (Å²) in [5.41, 5.74) is -0.349. The maximum Gasteiger partial charge on any atom is 0.380 e. The number of hydrogen-bond donors (Lipinski definition) is 0. The van der Waals surface area contributed by atoms with Crippen LogP contribution in [0.15, 0.2) is 24.3 Å². The smallest absolute Gasteiger partial charge is 0.380 e. The Morgan fingerprint density at radius 3 is 2.39 bits per heavy atom. The highest BCUT2D eigenvalue weighted by molar-refractivity contribution is 8.07. The normalized spacial score (nSPS) is 22.4. The predicted octanol–water partition coefficient (Wildman–Crippen LogP) is 3.27. The van der Waals surface area contributed by atoms with Crippen molar-refractivity contribution in [3.8, 4) is 5.75 Å². The Labute approximate surface area is 124 Å². The molecule has 8 heteroatoms. The van der Waals surface area contributed by atoms with E-state index in [-0.39, 0.29) is 11.4 Å². The Morgan fingerprint density at radius 1 is 1.39 bits per heavy atom. The third-order valence-corrected chi connectivity index (χ3v) is 3.31. The van der Waals surface area contributed by atoms with Crippen LogP contribution in [0.5, 0.6) is 5.75 Å². The molecule has 0 spiro atoms. The summed E-state index contributed by atoms with van der Waals surface area (Å²) < 4.78 is 87.1. The predicted molar refractivity (Wildman–Crippen MR) is 71.3 cm³/mol. The van der Waals surface area contributed by atoms with Gasteiger partial charge in [-0.2, -0.15) is 0 Å². The Kier molecular flexibility index (Phi) is 2.25. The van der Waals surface area contributed by atoms with Crippen LogP contribution in [-0.4, -0.2) is 18.0 Å². The van der Waals surface area contributed by atoms with Crippen molar-refractivity contribution >= 4 is 24.2 Å². The van der Waals surface area contributed by atoms with Gasteiger partial charge in [0.15, 0.2) is 0 Å². The topological polar surface area (TPSA) is 70.8 Å². The average molecular weight is 301 g/mol. The molecule has 1 aromatic rings. The van der Waals surface area contributed by atoms with Gasteiger partial charge in [0, 0.05) is 32.2 Å². The lowest BCUT2D eigenvalue weighted by atomic mass is 10.3. The molecule has 0 saturated carbocycles. The lowest BCUT2D eigenvalue weighted by Crippen LogP contribution is -2.02. The molecule has 0 bridgehead atoms. The van der Waals surface area contributed by atoms with Gasteiger partial charge >= 0.3 is 6.72 Å². The molecule has 0 aliphatic heterocycles. The van der Waals surface area contributed by atoms with Gasteiger partial charge in [0.1, 0.15) is 5.75 Å². The van der Waals surface area contributed by atoms with Crippen LogP contribution in [0.3, 0.4) is 0 Å². The minimum atomic E-state index is -4.72. The molecule has 0 fully saturated rings. The Bertz CT molecular complexity index is 733. The van der Waals surface area contributed by atoms with E-state index in [0.717, 1.165) is 24.3 Å². The van der Waals surface area contributed by atoms with E-state index in [9.17, 15) is 10.1 Å². The van der Waals surface area contributed by atoms with Crippen LogP contribution in [-0.2, 0) is 20.9 Å². The second-order valence-corrected chi connectivity index (χ2v) is 5.46. The van der Waals surface area contributed by atoms with E-state index >= 15 is 0 Å². The van der Waals surface area contributed by atoms with Crippen molar-refractivity contribution in [1.82, 2.24) is 0 Å². The summed E-state index contributed by atoms with van der Waals surface area (Å²) in [6.07, 6.45) is 0. The van der Waals surface area contributed by atoms with Crippen molar-refractivity contribution in [3.05, 3.63) is 34.4 Å².